The van der Waals surface area contributed by atoms with Gasteiger partial charge >= 0.3 is 5.97 Å². The first kappa shape index (κ1) is 14.9. The average Bonchev–Trinajstić information content (AvgIpc) is 2.82. The molecule has 0 aliphatic heterocycles. The van der Waals surface area contributed by atoms with Gasteiger partial charge in [0, 0.05) is 11.8 Å². The summed E-state index contributed by atoms with van der Waals surface area (Å²) in [5.74, 6) is -0.252. The molecule has 0 atom stereocenters. The molecule has 114 valence electrons. The summed E-state index contributed by atoms with van der Waals surface area (Å²) in [6, 6.07) is 9.90. The van der Waals surface area contributed by atoms with E-state index in [0.29, 0.717) is 17.8 Å². The number of hydrogen-bond donors (Lipinski definition) is 1. The molecular formula is C19H16N2O2. The van der Waals surface area contributed by atoms with Crippen molar-refractivity contribution >= 4 is 11.5 Å². The van der Waals surface area contributed by atoms with E-state index in [4.69, 9.17) is 5.11 Å². The van der Waals surface area contributed by atoms with Crippen LogP contribution < -0.4 is 0 Å². The number of hydrogen-bond acceptors (Lipinski definition) is 3. The molecule has 23 heavy (non-hydrogen) atoms. The molecule has 1 aromatic heterocycles. The summed E-state index contributed by atoms with van der Waals surface area (Å²) in [4.78, 5) is 20.0. The fourth-order valence-electron chi connectivity index (χ4n) is 2.35. The maximum atomic E-state index is 11.0. The molecule has 1 aromatic carbocycles. The Bertz CT molecular complexity index is 831. The molecule has 0 saturated heterocycles. The van der Waals surface area contributed by atoms with E-state index in [-0.39, 0.29) is 0 Å². The zero-order chi connectivity index (χ0) is 16.2. The highest BCUT2D eigenvalue weighted by Crippen LogP contribution is 2.23. The van der Waals surface area contributed by atoms with Gasteiger partial charge in [-0.2, -0.15) is 0 Å². The molecule has 0 fully saturated rings. The Morgan fingerprint density at radius 3 is 2.70 bits per heavy atom. The number of nitrogens with zero attached hydrogens (tertiary/aromatic N) is 2. The second-order valence-corrected chi connectivity index (χ2v) is 5.35. The topological polar surface area (TPSA) is 63.1 Å². The second-order valence-electron chi connectivity index (χ2n) is 5.35. The van der Waals surface area contributed by atoms with Gasteiger partial charge in [0.05, 0.1) is 11.3 Å². The minimum absolute atomic E-state index is 0.295. The third-order valence-corrected chi connectivity index (χ3v) is 3.66. The number of aromatic nitrogens is 2. The summed E-state index contributed by atoms with van der Waals surface area (Å²) in [6.07, 6.45) is 9.19. The van der Waals surface area contributed by atoms with Crippen molar-refractivity contribution in [1.82, 2.24) is 9.97 Å². The van der Waals surface area contributed by atoms with Crippen LogP contribution in [0, 0.1) is 6.92 Å². The summed E-state index contributed by atoms with van der Waals surface area (Å²) in [6.45, 7) is 2.04. The summed E-state index contributed by atoms with van der Waals surface area (Å²) in [7, 11) is 0. The van der Waals surface area contributed by atoms with Crippen LogP contribution in [0.4, 0.5) is 0 Å². The monoisotopic (exact) mass is 304 g/mol. The van der Waals surface area contributed by atoms with Crippen molar-refractivity contribution in [2.45, 2.75) is 13.3 Å². The predicted octanol–water partition coefficient (Wildman–Crippen LogP) is 3.81. The van der Waals surface area contributed by atoms with E-state index in [1.54, 1.807) is 24.4 Å². The Morgan fingerprint density at radius 1 is 1.17 bits per heavy atom. The van der Waals surface area contributed by atoms with Crippen LogP contribution in [-0.4, -0.2) is 21.0 Å². The fraction of sp³-hybridized carbons (Fsp3) is 0.105. The van der Waals surface area contributed by atoms with Crippen molar-refractivity contribution < 1.29 is 9.90 Å². The van der Waals surface area contributed by atoms with Crippen molar-refractivity contribution in [3.05, 3.63) is 77.7 Å². The zero-order valence-electron chi connectivity index (χ0n) is 12.7. The molecule has 0 amide bonds. The Labute approximate surface area is 134 Å². The Hall–Kier alpha value is -3.01. The number of aryl methyl sites for hydroxylation is 1. The first-order valence-corrected chi connectivity index (χ1v) is 7.34. The van der Waals surface area contributed by atoms with Gasteiger partial charge in [-0.3, -0.25) is 0 Å². The predicted molar refractivity (Wildman–Crippen MR) is 89.7 cm³/mol. The van der Waals surface area contributed by atoms with Gasteiger partial charge in [-0.15, -0.1) is 0 Å². The standard InChI is InChI=1S/C19H16N2O2/c1-13-5-7-15(8-6-13)18-20-12-11-17(21-18)14-3-2-4-16(10-9-14)19(22)23/h2-8,10-12H,9H2,1H3,(H,22,23). The number of carbonyl (C=O) groups is 1. The molecule has 1 aliphatic rings. The van der Waals surface area contributed by atoms with Gasteiger partial charge in [0.1, 0.15) is 0 Å². The van der Waals surface area contributed by atoms with Crippen LogP contribution in [0.1, 0.15) is 17.7 Å². The third kappa shape index (κ3) is 3.43. The lowest BCUT2D eigenvalue weighted by Gasteiger charge is -2.06. The molecule has 1 aliphatic carbocycles. The van der Waals surface area contributed by atoms with Crippen LogP contribution in [-0.2, 0) is 4.79 Å². The minimum Gasteiger partial charge on any atom is -0.478 e. The molecule has 2 aromatic rings. The van der Waals surface area contributed by atoms with Gasteiger partial charge in [0.2, 0.25) is 0 Å². The van der Waals surface area contributed by atoms with E-state index in [0.717, 1.165) is 16.8 Å². The fourth-order valence-corrected chi connectivity index (χ4v) is 2.35. The third-order valence-electron chi connectivity index (χ3n) is 3.66. The van der Waals surface area contributed by atoms with E-state index in [1.165, 1.54) is 5.56 Å². The zero-order valence-corrected chi connectivity index (χ0v) is 12.7. The molecular weight excluding hydrogens is 288 g/mol. The molecule has 0 bridgehead atoms. The number of aliphatic carboxylic acids is 1. The van der Waals surface area contributed by atoms with Crippen LogP contribution in [0.25, 0.3) is 17.0 Å². The van der Waals surface area contributed by atoms with Crippen molar-refractivity contribution in [3.8, 4) is 11.4 Å². The molecule has 0 unspecified atom stereocenters. The highest BCUT2D eigenvalue weighted by molar-refractivity contribution is 5.91. The minimum atomic E-state index is -0.918. The van der Waals surface area contributed by atoms with E-state index in [1.807, 2.05) is 43.3 Å². The molecule has 1 N–H and O–H groups in total. The first-order valence-electron chi connectivity index (χ1n) is 7.34. The summed E-state index contributed by atoms with van der Waals surface area (Å²) in [5.41, 5.74) is 4.22. The van der Waals surface area contributed by atoms with E-state index < -0.39 is 5.97 Å². The smallest absolute Gasteiger partial charge is 0.335 e. The largest absolute Gasteiger partial charge is 0.478 e. The Morgan fingerprint density at radius 2 is 1.96 bits per heavy atom. The average molecular weight is 304 g/mol. The lowest BCUT2D eigenvalue weighted by molar-refractivity contribution is -0.132. The summed E-state index contributed by atoms with van der Waals surface area (Å²) in [5, 5.41) is 9.07. The Kier molecular flexibility index (Phi) is 4.15. The second kappa shape index (κ2) is 6.40. The highest BCUT2D eigenvalue weighted by Gasteiger charge is 2.10. The maximum absolute atomic E-state index is 11.0. The van der Waals surface area contributed by atoms with Gasteiger partial charge in [0.25, 0.3) is 0 Å². The normalized spacial score (nSPS) is 14.0. The summed E-state index contributed by atoms with van der Waals surface area (Å²) < 4.78 is 0. The van der Waals surface area contributed by atoms with Gasteiger partial charge in [-0.1, -0.05) is 48.1 Å². The van der Waals surface area contributed by atoms with Crippen LogP contribution in [0.15, 0.2) is 66.4 Å². The van der Waals surface area contributed by atoms with E-state index in [9.17, 15) is 4.79 Å². The van der Waals surface area contributed by atoms with Gasteiger partial charge in [-0.05, 0) is 31.1 Å². The molecule has 1 heterocycles. The maximum Gasteiger partial charge on any atom is 0.335 e. The molecule has 0 saturated carbocycles. The number of rotatable bonds is 3. The molecule has 4 nitrogen and oxygen atoms in total. The van der Waals surface area contributed by atoms with Crippen molar-refractivity contribution in [3.63, 3.8) is 0 Å². The number of carboxylic acids is 1. The molecule has 0 spiro atoms. The van der Waals surface area contributed by atoms with Crippen LogP contribution in [0.2, 0.25) is 0 Å². The van der Waals surface area contributed by atoms with Crippen molar-refractivity contribution in [1.29, 1.82) is 0 Å². The number of benzene rings is 1. The lowest BCUT2D eigenvalue weighted by atomic mass is 10.1. The quantitative estimate of drug-likeness (QED) is 0.936. The lowest BCUT2D eigenvalue weighted by Crippen LogP contribution is -1.97. The molecule has 4 heteroatoms. The SMILES string of the molecule is Cc1ccc(-c2nccc(C3=CC=CC(C(=O)O)=CC3)n2)cc1. The van der Waals surface area contributed by atoms with Gasteiger partial charge < -0.3 is 5.11 Å². The molecule has 3 rings (SSSR count). The van der Waals surface area contributed by atoms with Crippen molar-refractivity contribution in [2.75, 3.05) is 0 Å². The number of carboxylic acid groups (broad SMARTS) is 1. The van der Waals surface area contributed by atoms with Gasteiger partial charge in [-0.25, -0.2) is 14.8 Å². The van der Waals surface area contributed by atoms with Gasteiger partial charge in [0.15, 0.2) is 5.82 Å². The highest BCUT2D eigenvalue weighted by atomic mass is 16.4. The van der Waals surface area contributed by atoms with E-state index >= 15 is 0 Å². The van der Waals surface area contributed by atoms with Crippen LogP contribution in [0.3, 0.4) is 0 Å². The van der Waals surface area contributed by atoms with Crippen LogP contribution >= 0.6 is 0 Å². The van der Waals surface area contributed by atoms with Crippen molar-refractivity contribution in [2.24, 2.45) is 0 Å². The first-order chi connectivity index (χ1) is 11.1. The Balaban J connectivity index is 1.91. The molecule has 0 radical (unpaired) electrons. The number of allylic oxidation sites excluding steroid dienone is 4. The summed E-state index contributed by atoms with van der Waals surface area (Å²) >= 11 is 0. The van der Waals surface area contributed by atoms with E-state index in [2.05, 4.69) is 9.97 Å². The van der Waals surface area contributed by atoms with Crippen LogP contribution in [0.5, 0.6) is 0 Å².